The van der Waals surface area contributed by atoms with Crippen LogP contribution >= 0.6 is 7.26 Å². The quantitative estimate of drug-likeness (QED) is 0.318. The Morgan fingerprint density at radius 3 is 1.66 bits per heavy atom. The van der Waals surface area contributed by atoms with E-state index in [-0.39, 0.29) is 0 Å². The van der Waals surface area contributed by atoms with Crippen LogP contribution in [0.2, 0.25) is 0 Å². The molecule has 0 radical (unpaired) electrons. The SMILES string of the molecule is C/C=C/c1cc(CCC[P+](c2ccccc2)(c2ccccc2)c2ccccc2)ccc1O. The molecule has 0 unspecified atom stereocenters. The van der Waals surface area contributed by atoms with Crippen LogP contribution in [0, 0.1) is 0 Å². The number of allylic oxidation sites excluding steroid dienone is 1. The second kappa shape index (κ2) is 10.4. The van der Waals surface area contributed by atoms with Crippen molar-refractivity contribution in [2.24, 2.45) is 0 Å². The molecule has 1 nitrogen and oxygen atoms in total. The highest BCUT2D eigenvalue weighted by atomic mass is 31.2. The second-order valence-electron chi connectivity index (χ2n) is 8.04. The van der Waals surface area contributed by atoms with Gasteiger partial charge >= 0.3 is 0 Å². The molecule has 4 aromatic carbocycles. The maximum absolute atomic E-state index is 10.1. The number of phenols is 1. The molecule has 0 aliphatic rings. The smallest absolute Gasteiger partial charge is 0.122 e. The topological polar surface area (TPSA) is 20.2 Å². The molecule has 0 amide bonds. The molecule has 2 heteroatoms. The van der Waals surface area contributed by atoms with Crippen molar-refractivity contribution < 1.29 is 5.11 Å². The third-order valence-corrected chi connectivity index (χ3v) is 10.5. The predicted octanol–water partition coefficient (Wildman–Crippen LogP) is 6.35. The van der Waals surface area contributed by atoms with Crippen molar-refractivity contribution in [1.29, 1.82) is 0 Å². The van der Waals surface area contributed by atoms with Gasteiger partial charge in [-0.25, -0.2) is 0 Å². The molecule has 0 aromatic heterocycles. The first-order chi connectivity index (χ1) is 15.7. The lowest BCUT2D eigenvalue weighted by molar-refractivity contribution is 0.474. The largest absolute Gasteiger partial charge is 0.507 e. The van der Waals surface area contributed by atoms with Crippen LogP contribution in [0.4, 0.5) is 0 Å². The van der Waals surface area contributed by atoms with Crippen molar-refractivity contribution in [2.45, 2.75) is 19.8 Å². The van der Waals surface area contributed by atoms with Gasteiger partial charge in [-0.15, -0.1) is 0 Å². The molecule has 0 bridgehead atoms. The zero-order valence-corrected chi connectivity index (χ0v) is 19.5. The zero-order chi connectivity index (χ0) is 22.2. The molecule has 0 atom stereocenters. The Balaban J connectivity index is 1.73. The van der Waals surface area contributed by atoms with Crippen molar-refractivity contribution in [2.75, 3.05) is 6.16 Å². The fraction of sp³-hybridized carbons (Fsp3) is 0.133. The van der Waals surface area contributed by atoms with Gasteiger partial charge in [0.1, 0.15) is 28.9 Å². The van der Waals surface area contributed by atoms with E-state index in [1.165, 1.54) is 21.5 Å². The van der Waals surface area contributed by atoms with Crippen molar-refractivity contribution in [3.8, 4) is 5.75 Å². The second-order valence-corrected chi connectivity index (χ2v) is 11.7. The van der Waals surface area contributed by atoms with Crippen LogP contribution in [0.1, 0.15) is 24.5 Å². The molecule has 32 heavy (non-hydrogen) atoms. The molecule has 0 aliphatic heterocycles. The van der Waals surface area contributed by atoms with Gasteiger partial charge in [0.2, 0.25) is 0 Å². The standard InChI is InChI=1S/C30H29OP/c1-2-13-26-24-25(21-22-30(26)31)14-12-23-32(27-15-6-3-7-16-27,28-17-8-4-9-18-28)29-19-10-5-11-20-29/h2-11,13,15-22,24H,12,14,23H2,1H3/p+1/b13-2+. The van der Waals surface area contributed by atoms with Gasteiger partial charge in [0.05, 0.1) is 6.16 Å². The van der Waals surface area contributed by atoms with Crippen molar-refractivity contribution >= 4 is 29.3 Å². The highest BCUT2D eigenvalue weighted by molar-refractivity contribution is 7.95. The van der Waals surface area contributed by atoms with Gasteiger partial charge < -0.3 is 5.11 Å². The number of phenolic OH excluding ortho intramolecular Hbond substituents is 1. The van der Waals surface area contributed by atoms with Gasteiger partial charge in [-0.05, 0) is 73.9 Å². The maximum Gasteiger partial charge on any atom is 0.122 e. The van der Waals surface area contributed by atoms with Gasteiger partial charge in [0, 0.05) is 5.56 Å². The number of aryl methyl sites for hydroxylation is 1. The fourth-order valence-electron chi connectivity index (χ4n) is 4.47. The number of hydrogen-bond donors (Lipinski definition) is 1. The number of aromatic hydroxyl groups is 1. The summed E-state index contributed by atoms with van der Waals surface area (Å²) in [6.07, 6.45) is 7.10. The van der Waals surface area contributed by atoms with Crippen molar-refractivity contribution in [1.82, 2.24) is 0 Å². The third-order valence-electron chi connectivity index (χ3n) is 5.99. The van der Waals surface area contributed by atoms with E-state index in [0.29, 0.717) is 5.75 Å². The van der Waals surface area contributed by atoms with Crippen molar-refractivity contribution in [3.05, 3.63) is 126 Å². The summed E-state index contributed by atoms with van der Waals surface area (Å²) in [7, 11) is -1.79. The lowest BCUT2D eigenvalue weighted by Gasteiger charge is -2.27. The first-order valence-corrected chi connectivity index (χ1v) is 13.2. The van der Waals surface area contributed by atoms with E-state index in [1.807, 2.05) is 25.1 Å². The average molecular weight is 438 g/mol. The van der Waals surface area contributed by atoms with Crippen LogP contribution in [-0.4, -0.2) is 11.3 Å². The van der Waals surface area contributed by atoms with E-state index in [1.54, 1.807) is 0 Å². The predicted molar refractivity (Wildman–Crippen MR) is 141 cm³/mol. The lowest BCUT2D eigenvalue weighted by atomic mass is 10.1. The average Bonchev–Trinajstić information content (AvgIpc) is 2.86. The Hall–Kier alpha value is -3.15. The van der Waals surface area contributed by atoms with Crippen LogP contribution in [-0.2, 0) is 6.42 Å². The Bertz CT molecular complexity index is 1050. The summed E-state index contributed by atoms with van der Waals surface area (Å²) in [5, 5.41) is 14.4. The highest BCUT2D eigenvalue weighted by Gasteiger charge is 2.44. The van der Waals surface area contributed by atoms with E-state index >= 15 is 0 Å². The third kappa shape index (κ3) is 4.69. The molecule has 0 spiro atoms. The monoisotopic (exact) mass is 437 g/mol. The minimum atomic E-state index is -1.79. The number of rotatable bonds is 8. The first-order valence-electron chi connectivity index (χ1n) is 11.2. The fourth-order valence-corrected chi connectivity index (χ4v) is 8.82. The van der Waals surface area contributed by atoms with Gasteiger partial charge in [-0.1, -0.05) is 72.8 Å². The maximum atomic E-state index is 10.1. The molecular weight excluding hydrogens is 407 g/mol. The molecule has 0 fully saturated rings. The summed E-state index contributed by atoms with van der Waals surface area (Å²) in [5.41, 5.74) is 2.16. The molecule has 0 aliphatic carbocycles. The van der Waals surface area contributed by atoms with Crippen LogP contribution in [0.5, 0.6) is 5.75 Å². The Labute approximate surface area is 192 Å². The van der Waals surface area contributed by atoms with Crippen LogP contribution in [0.25, 0.3) is 6.08 Å². The van der Waals surface area contributed by atoms with Gasteiger partial charge in [-0.3, -0.25) is 0 Å². The Morgan fingerprint density at radius 1 is 0.688 bits per heavy atom. The molecule has 4 aromatic rings. The minimum absolute atomic E-state index is 0.339. The molecule has 0 saturated carbocycles. The normalized spacial score (nSPS) is 11.7. The van der Waals surface area contributed by atoms with E-state index in [4.69, 9.17) is 0 Å². The summed E-state index contributed by atoms with van der Waals surface area (Å²) in [6, 6.07) is 39.1. The van der Waals surface area contributed by atoms with E-state index in [2.05, 4.69) is 103 Å². The molecular formula is C30H30OP+. The Morgan fingerprint density at radius 2 is 1.19 bits per heavy atom. The minimum Gasteiger partial charge on any atom is -0.507 e. The van der Waals surface area contributed by atoms with Gasteiger partial charge in [0.25, 0.3) is 0 Å². The first kappa shape index (κ1) is 22.1. The van der Waals surface area contributed by atoms with Gasteiger partial charge in [0.15, 0.2) is 0 Å². The van der Waals surface area contributed by atoms with Gasteiger partial charge in [-0.2, -0.15) is 0 Å². The van der Waals surface area contributed by atoms with Crippen LogP contribution in [0.15, 0.2) is 115 Å². The zero-order valence-electron chi connectivity index (χ0n) is 18.6. The Kier molecular flexibility index (Phi) is 7.20. The molecule has 0 saturated heterocycles. The molecule has 4 rings (SSSR count). The summed E-state index contributed by atoms with van der Waals surface area (Å²) >= 11 is 0. The van der Waals surface area contributed by atoms with E-state index in [9.17, 15) is 5.11 Å². The molecule has 160 valence electrons. The van der Waals surface area contributed by atoms with Crippen molar-refractivity contribution in [3.63, 3.8) is 0 Å². The summed E-state index contributed by atoms with van der Waals surface area (Å²) in [4.78, 5) is 0. The van der Waals surface area contributed by atoms with Crippen LogP contribution in [0.3, 0.4) is 0 Å². The van der Waals surface area contributed by atoms with Crippen LogP contribution < -0.4 is 15.9 Å². The summed E-state index contributed by atoms with van der Waals surface area (Å²) < 4.78 is 0. The highest BCUT2D eigenvalue weighted by Crippen LogP contribution is 2.55. The number of hydrogen-bond acceptors (Lipinski definition) is 1. The summed E-state index contributed by atoms with van der Waals surface area (Å²) in [6.45, 7) is 1.98. The summed E-state index contributed by atoms with van der Waals surface area (Å²) in [5.74, 6) is 0.339. The molecule has 1 N–H and O–H groups in total. The lowest BCUT2D eigenvalue weighted by Crippen LogP contribution is -2.33. The van der Waals surface area contributed by atoms with E-state index in [0.717, 1.165) is 24.6 Å². The number of benzene rings is 4. The molecule has 0 heterocycles. The van der Waals surface area contributed by atoms with E-state index < -0.39 is 7.26 Å².